The molecule has 5 heteroatoms. The van der Waals surface area contributed by atoms with E-state index in [1.807, 2.05) is 31.2 Å². The predicted molar refractivity (Wildman–Crippen MR) is 70.9 cm³/mol. The van der Waals surface area contributed by atoms with Gasteiger partial charge in [0.1, 0.15) is 19.5 Å². The van der Waals surface area contributed by atoms with Gasteiger partial charge in [0.25, 0.3) is 0 Å². The first-order valence-electron chi connectivity index (χ1n) is 5.55. The smallest absolute Gasteiger partial charge is 0.368 e. The molecule has 0 aliphatic carbocycles. The van der Waals surface area contributed by atoms with Crippen LogP contribution in [0.3, 0.4) is 0 Å². The van der Waals surface area contributed by atoms with E-state index in [-0.39, 0.29) is 12.3 Å². The van der Waals surface area contributed by atoms with Crippen LogP contribution in [0.15, 0.2) is 29.4 Å². The van der Waals surface area contributed by atoms with Gasteiger partial charge in [0, 0.05) is 0 Å². The van der Waals surface area contributed by atoms with E-state index in [0.717, 1.165) is 11.3 Å². The van der Waals surface area contributed by atoms with E-state index in [1.165, 1.54) is 14.2 Å². The molecule has 0 saturated heterocycles. The number of aryl methyl sites for hydroxylation is 1. The van der Waals surface area contributed by atoms with Crippen molar-refractivity contribution in [1.29, 1.82) is 0 Å². The Balaban J connectivity index is 2.62. The Labute approximate surface area is 112 Å². The molecule has 0 N–H and O–H groups in total. The van der Waals surface area contributed by atoms with E-state index in [2.05, 4.69) is 26.6 Å². The molecule has 0 bridgehead atoms. The Hall–Kier alpha value is -2.48. The molecule has 100 valence electrons. The van der Waals surface area contributed by atoms with Gasteiger partial charge in [-0.1, -0.05) is 29.3 Å². The first-order chi connectivity index (χ1) is 9.19. The molecule has 1 aromatic carbocycles. The Morgan fingerprint density at radius 2 is 2.05 bits per heavy atom. The van der Waals surface area contributed by atoms with E-state index in [9.17, 15) is 4.79 Å². The van der Waals surface area contributed by atoms with Crippen molar-refractivity contribution in [1.82, 2.24) is 0 Å². The van der Waals surface area contributed by atoms with E-state index in [0.29, 0.717) is 0 Å². The molecule has 0 heterocycles. The molecule has 0 spiro atoms. The SMILES string of the molecule is CON=C(C#CCOc1ccccc1C)C(=O)OC. The summed E-state index contributed by atoms with van der Waals surface area (Å²) in [6, 6.07) is 7.59. The molecule has 5 nitrogen and oxygen atoms in total. The summed E-state index contributed by atoms with van der Waals surface area (Å²) >= 11 is 0. The highest BCUT2D eigenvalue weighted by atomic mass is 16.6. The Morgan fingerprint density at radius 3 is 2.68 bits per heavy atom. The summed E-state index contributed by atoms with van der Waals surface area (Å²) in [7, 11) is 2.58. The number of methoxy groups -OCH3 is 1. The summed E-state index contributed by atoms with van der Waals surface area (Å²) in [6.07, 6.45) is 0. The zero-order valence-corrected chi connectivity index (χ0v) is 11.1. The van der Waals surface area contributed by atoms with Crippen LogP contribution in [-0.2, 0) is 14.4 Å². The minimum Gasteiger partial charge on any atom is -0.481 e. The van der Waals surface area contributed by atoms with Crippen molar-refractivity contribution in [3.8, 4) is 17.6 Å². The van der Waals surface area contributed by atoms with Gasteiger partial charge in [-0.05, 0) is 24.5 Å². The van der Waals surface area contributed by atoms with Crippen LogP contribution in [0.5, 0.6) is 5.75 Å². The number of nitrogens with zero attached hydrogens (tertiary/aromatic N) is 1. The molecule has 0 saturated carbocycles. The largest absolute Gasteiger partial charge is 0.481 e. The minimum atomic E-state index is -0.648. The zero-order valence-electron chi connectivity index (χ0n) is 11.1. The standard InChI is InChI=1S/C14H15NO4/c1-11-7-4-5-9-13(11)19-10-6-8-12(15-18-3)14(16)17-2/h4-5,7,9H,10H2,1-3H3. The number of carbonyl (C=O) groups excluding carboxylic acids is 1. The monoisotopic (exact) mass is 261 g/mol. The third-order valence-corrected chi connectivity index (χ3v) is 2.16. The predicted octanol–water partition coefficient (Wildman–Crippen LogP) is 1.55. The molecule has 0 radical (unpaired) electrons. The van der Waals surface area contributed by atoms with Crippen LogP contribution in [-0.4, -0.2) is 32.5 Å². The van der Waals surface area contributed by atoms with E-state index >= 15 is 0 Å². The van der Waals surface area contributed by atoms with Crippen molar-refractivity contribution in [2.24, 2.45) is 5.16 Å². The molecule has 1 rings (SSSR count). The number of esters is 1. The molecule has 0 amide bonds. The summed E-state index contributed by atoms with van der Waals surface area (Å²) in [5, 5.41) is 3.47. The Morgan fingerprint density at radius 1 is 1.32 bits per heavy atom. The third kappa shape index (κ3) is 4.72. The summed E-state index contributed by atoms with van der Waals surface area (Å²) in [5.41, 5.74) is 0.918. The molecule has 0 aromatic heterocycles. The summed E-state index contributed by atoms with van der Waals surface area (Å²) < 4.78 is 9.96. The van der Waals surface area contributed by atoms with Gasteiger partial charge in [-0.2, -0.15) is 0 Å². The lowest BCUT2D eigenvalue weighted by molar-refractivity contribution is -0.132. The quantitative estimate of drug-likeness (QED) is 0.357. The maximum Gasteiger partial charge on any atom is 0.368 e. The van der Waals surface area contributed by atoms with Crippen LogP contribution >= 0.6 is 0 Å². The average Bonchev–Trinajstić information content (AvgIpc) is 2.43. The second kappa shape index (κ2) is 7.77. The fourth-order valence-corrected chi connectivity index (χ4v) is 1.25. The second-order valence-electron chi connectivity index (χ2n) is 3.47. The van der Waals surface area contributed by atoms with Crippen LogP contribution in [0.1, 0.15) is 5.56 Å². The summed E-state index contributed by atoms with van der Waals surface area (Å²) in [6.45, 7) is 2.08. The molecule has 0 aliphatic heterocycles. The molecule has 0 aliphatic rings. The lowest BCUT2D eigenvalue weighted by Gasteiger charge is -2.04. The van der Waals surface area contributed by atoms with Crippen LogP contribution < -0.4 is 4.74 Å². The van der Waals surface area contributed by atoms with Gasteiger partial charge in [0.05, 0.1) is 7.11 Å². The van der Waals surface area contributed by atoms with Gasteiger partial charge in [-0.3, -0.25) is 0 Å². The number of oxime groups is 1. The van der Waals surface area contributed by atoms with Gasteiger partial charge in [-0.15, -0.1) is 0 Å². The van der Waals surface area contributed by atoms with Crippen molar-refractivity contribution in [2.45, 2.75) is 6.92 Å². The molecular formula is C14H15NO4. The summed E-state index contributed by atoms with van der Waals surface area (Å²) in [4.78, 5) is 15.7. The number of carbonyl (C=O) groups is 1. The molecule has 1 aromatic rings. The first kappa shape index (κ1) is 14.6. The molecule has 0 unspecified atom stereocenters. The fourth-order valence-electron chi connectivity index (χ4n) is 1.25. The maximum atomic E-state index is 11.2. The van der Waals surface area contributed by atoms with Gasteiger partial charge >= 0.3 is 5.97 Å². The highest BCUT2D eigenvalue weighted by Gasteiger charge is 2.08. The van der Waals surface area contributed by atoms with Crippen molar-refractivity contribution in [3.05, 3.63) is 29.8 Å². The van der Waals surface area contributed by atoms with Crippen molar-refractivity contribution in [3.63, 3.8) is 0 Å². The van der Waals surface area contributed by atoms with Gasteiger partial charge in [-0.25, -0.2) is 4.79 Å². The van der Waals surface area contributed by atoms with Crippen LogP contribution in [0, 0.1) is 18.8 Å². The average molecular weight is 261 g/mol. The number of rotatable bonds is 4. The van der Waals surface area contributed by atoms with E-state index < -0.39 is 5.97 Å². The maximum absolute atomic E-state index is 11.2. The van der Waals surface area contributed by atoms with E-state index in [4.69, 9.17) is 4.74 Å². The highest BCUT2D eigenvalue weighted by Crippen LogP contribution is 2.15. The lowest BCUT2D eigenvalue weighted by atomic mass is 10.2. The minimum absolute atomic E-state index is 0.0987. The van der Waals surface area contributed by atoms with Crippen LogP contribution in [0.25, 0.3) is 0 Å². The third-order valence-electron chi connectivity index (χ3n) is 2.16. The topological polar surface area (TPSA) is 57.1 Å². The summed E-state index contributed by atoms with van der Waals surface area (Å²) in [5.74, 6) is 5.32. The molecule has 0 atom stereocenters. The lowest BCUT2D eigenvalue weighted by Crippen LogP contribution is -2.14. The normalized spacial score (nSPS) is 10.2. The Kier molecular flexibility index (Phi) is 5.96. The number of hydrogen-bond donors (Lipinski definition) is 0. The van der Waals surface area contributed by atoms with Gasteiger partial charge < -0.3 is 14.3 Å². The number of hydrogen-bond acceptors (Lipinski definition) is 5. The number of para-hydroxylation sites is 1. The van der Waals surface area contributed by atoms with E-state index in [1.54, 1.807) is 0 Å². The second-order valence-corrected chi connectivity index (χ2v) is 3.47. The van der Waals surface area contributed by atoms with Crippen molar-refractivity contribution < 1.29 is 19.1 Å². The van der Waals surface area contributed by atoms with Crippen LogP contribution in [0.4, 0.5) is 0 Å². The molecule has 0 fully saturated rings. The van der Waals surface area contributed by atoms with Crippen LogP contribution in [0.2, 0.25) is 0 Å². The van der Waals surface area contributed by atoms with Gasteiger partial charge in [0.15, 0.2) is 0 Å². The zero-order chi connectivity index (χ0) is 14.1. The van der Waals surface area contributed by atoms with Gasteiger partial charge in [0.2, 0.25) is 5.71 Å². The van der Waals surface area contributed by atoms with Crippen molar-refractivity contribution >= 4 is 11.7 Å². The highest BCUT2D eigenvalue weighted by molar-refractivity contribution is 6.43. The first-order valence-corrected chi connectivity index (χ1v) is 5.55. The number of benzene rings is 1. The van der Waals surface area contributed by atoms with Crippen molar-refractivity contribution in [2.75, 3.05) is 20.8 Å². The number of ether oxygens (including phenoxy) is 2. The molecular weight excluding hydrogens is 246 g/mol. The fraction of sp³-hybridized carbons (Fsp3) is 0.286. The Bertz CT molecular complexity index is 526. The molecule has 19 heavy (non-hydrogen) atoms.